The molecule has 8 nitrogen and oxygen atoms in total. The number of hydrogen-bond donors (Lipinski definition) is 3. The molecule has 1 aromatic heterocycles. The van der Waals surface area contributed by atoms with Gasteiger partial charge >= 0.3 is 5.97 Å². The van der Waals surface area contributed by atoms with Gasteiger partial charge < -0.3 is 20.3 Å². The van der Waals surface area contributed by atoms with Crippen molar-refractivity contribution in [2.45, 2.75) is 45.8 Å². The molecule has 0 fully saturated rings. The van der Waals surface area contributed by atoms with E-state index >= 15 is 0 Å². The van der Waals surface area contributed by atoms with Gasteiger partial charge in [0.25, 0.3) is 5.91 Å². The highest BCUT2D eigenvalue weighted by Crippen LogP contribution is 2.32. The van der Waals surface area contributed by atoms with Gasteiger partial charge in [-0.2, -0.15) is 9.78 Å². The number of amides is 1. The van der Waals surface area contributed by atoms with Crippen molar-refractivity contribution in [1.29, 1.82) is 0 Å². The fourth-order valence-electron chi connectivity index (χ4n) is 3.21. The fourth-order valence-corrected chi connectivity index (χ4v) is 3.48. The number of aromatic nitrogens is 2. The Balaban J connectivity index is 1.97. The van der Waals surface area contributed by atoms with Crippen LogP contribution in [0.4, 0.5) is 4.39 Å². The maximum atomic E-state index is 14.6. The Morgan fingerprint density at radius 2 is 1.78 bits per heavy atom. The minimum Gasteiger partial charge on any atom is -0.481 e. The average molecular weight is 518 g/mol. The molecule has 36 heavy (non-hydrogen) atoms. The van der Waals surface area contributed by atoms with E-state index in [1.807, 2.05) is 20.8 Å². The summed E-state index contributed by atoms with van der Waals surface area (Å²) in [6.45, 7) is 7.01. The van der Waals surface area contributed by atoms with Gasteiger partial charge in [-0.25, -0.2) is 4.39 Å². The molecule has 0 aliphatic carbocycles. The number of carbonyl (C=O) groups excluding carboxylic acids is 1. The molecule has 0 saturated carbocycles. The number of nitrogens with zero attached hydrogens (tertiary/aromatic N) is 2. The maximum absolute atomic E-state index is 14.6. The van der Waals surface area contributed by atoms with Crippen molar-refractivity contribution in [2.75, 3.05) is 6.61 Å². The van der Waals surface area contributed by atoms with E-state index in [1.54, 1.807) is 37.3 Å². The highest BCUT2D eigenvalue weighted by Gasteiger charge is 2.36. The largest absolute Gasteiger partial charge is 0.481 e. The van der Waals surface area contributed by atoms with Crippen LogP contribution in [0.15, 0.2) is 54.6 Å². The van der Waals surface area contributed by atoms with Crippen LogP contribution in [0.1, 0.15) is 56.2 Å². The highest BCUT2D eigenvalue weighted by atomic mass is 35.5. The smallest absolute Gasteiger partial charge is 0.305 e. The Bertz CT molecular complexity index is 1250. The Kier molecular flexibility index (Phi) is 8.05. The Hall–Kier alpha value is -3.43. The number of benzene rings is 2. The summed E-state index contributed by atoms with van der Waals surface area (Å²) >= 11 is 6.23. The second kappa shape index (κ2) is 10.7. The first-order chi connectivity index (χ1) is 16.8. The zero-order valence-corrected chi connectivity index (χ0v) is 21.2. The van der Waals surface area contributed by atoms with E-state index in [0.717, 1.165) is 4.68 Å². The van der Waals surface area contributed by atoms with Gasteiger partial charge in [0.1, 0.15) is 23.7 Å². The number of hydrogen-bond acceptors (Lipinski definition) is 5. The number of carboxylic acid groups (broad SMARTS) is 1. The Morgan fingerprint density at radius 1 is 1.14 bits per heavy atom. The second-order valence-electron chi connectivity index (χ2n) is 9.69. The van der Waals surface area contributed by atoms with Gasteiger partial charge in [0.15, 0.2) is 5.69 Å². The zero-order valence-electron chi connectivity index (χ0n) is 20.5. The molecular weight excluding hydrogens is 489 g/mol. The van der Waals surface area contributed by atoms with Crippen molar-refractivity contribution < 1.29 is 28.9 Å². The summed E-state index contributed by atoms with van der Waals surface area (Å²) in [5, 5.41) is 27.4. The van der Waals surface area contributed by atoms with Crippen LogP contribution in [0.5, 0.6) is 5.88 Å². The summed E-state index contributed by atoms with van der Waals surface area (Å²) in [5.74, 6) is -2.41. The van der Waals surface area contributed by atoms with Crippen molar-refractivity contribution in [3.8, 4) is 11.6 Å². The molecule has 3 N–H and O–H groups in total. The molecule has 2 atom stereocenters. The molecule has 0 radical (unpaired) electrons. The summed E-state index contributed by atoms with van der Waals surface area (Å²) in [6, 6.07) is 12.8. The van der Waals surface area contributed by atoms with Gasteiger partial charge in [-0.1, -0.05) is 62.7 Å². The number of carbonyl (C=O) groups is 2. The quantitative estimate of drug-likeness (QED) is 0.376. The molecular formula is C26H29ClFN3O5. The third-order valence-electron chi connectivity index (χ3n) is 6.07. The number of nitrogens with one attached hydrogen (secondary N) is 1. The van der Waals surface area contributed by atoms with E-state index in [0.29, 0.717) is 10.6 Å². The lowest BCUT2D eigenvalue weighted by molar-refractivity contribution is -0.137. The van der Waals surface area contributed by atoms with Gasteiger partial charge in [-0.15, -0.1) is 0 Å². The van der Waals surface area contributed by atoms with E-state index in [4.69, 9.17) is 16.3 Å². The van der Waals surface area contributed by atoms with E-state index in [2.05, 4.69) is 10.4 Å². The first-order valence-electron chi connectivity index (χ1n) is 11.3. The van der Waals surface area contributed by atoms with E-state index < -0.39 is 41.2 Å². The molecule has 0 bridgehead atoms. The van der Waals surface area contributed by atoms with Crippen molar-refractivity contribution in [2.24, 2.45) is 5.41 Å². The Morgan fingerprint density at radius 3 is 2.39 bits per heavy atom. The third kappa shape index (κ3) is 6.22. The van der Waals surface area contributed by atoms with Crippen LogP contribution >= 0.6 is 11.6 Å². The first kappa shape index (κ1) is 27.2. The van der Waals surface area contributed by atoms with Gasteiger partial charge in [-0.3, -0.25) is 9.59 Å². The van der Waals surface area contributed by atoms with E-state index in [1.165, 1.54) is 24.3 Å². The number of aliphatic carboxylic acids is 1. The number of halogens is 2. The number of ether oxygens (including phenoxy) is 1. The summed E-state index contributed by atoms with van der Waals surface area (Å²) in [7, 11) is 0. The molecule has 1 amide bonds. The predicted molar refractivity (Wildman–Crippen MR) is 133 cm³/mol. The Labute approximate surface area is 213 Å². The average Bonchev–Trinajstić information content (AvgIpc) is 3.21. The third-order valence-corrected chi connectivity index (χ3v) is 6.42. The van der Waals surface area contributed by atoms with Crippen LogP contribution in [0, 0.1) is 11.2 Å². The topological polar surface area (TPSA) is 114 Å². The van der Waals surface area contributed by atoms with E-state index in [-0.39, 0.29) is 23.9 Å². The molecule has 3 aromatic rings. The number of carboxylic acids is 1. The summed E-state index contributed by atoms with van der Waals surface area (Å²) < 4.78 is 21.6. The lowest BCUT2D eigenvalue weighted by Gasteiger charge is -2.36. The second-order valence-corrected chi connectivity index (χ2v) is 10.1. The zero-order chi connectivity index (χ0) is 26.7. The van der Waals surface area contributed by atoms with E-state index in [9.17, 15) is 24.2 Å². The molecule has 0 aliphatic heterocycles. The van der Waals surface area contributed by atoms with Crippen LogP contribution in [0.25, 0.3) is 5.69 Å². The molecule has 10 heteroatoms. The maximum Gasteiger partial charge on any atom is 0.305 e. The monoisotopic (exact) mass is 517 g/mol. The van der Waals surface area contributed by atoms with Crippen LogP contribution < -0.4 is 10.1 Å². The standard InChI is InChI=1S/C26H29ClFN3O5/c1-25(2,3)26(4,35)15-36-22-13-20(30-31(22)21-12-8-7-11-18(21)28)24(34)29-19(14-23(32)33)16-9-5-6-10-17(16)27/h5-13,19,35H,14-15H2,1-4H3,(H,29,34)(H,32,33)/t19?,26-/m1/s1. The first-order valence-corrected chi connectivity index (χ1v) is 11.6. The van der Waals surface area contributed by atoms with Crippen molar-refractivity contribution in [3.05, 3.63) is 76.7 Å². The minimum atomic E-state index is -1.25. The number of rotatable bonds is 9. The summed E-state index contributed by atoms with van der Waals surface area (Å²) in [5.41, 5.74) is -1.45. The molecule has 0 aliphatic rings. The summed E-state index contributed by atoms with van der Waals surface area (Å²) in [6.07, 6.45) is -0.415. The molecule has 192 valence electrons. The normalized spacial score (nSPS) is 14.1. The highest BCUT2D eigenvalue weighted by molar-refractivity contribution is 6.31. The molecule has 2 aromatic carbocycles. The lowest BCUT2D eigenvalue weighted by atomic mass is 9.78. The van der Waals surface area contributed by atoms with Crippen LogP contribution in [0.3, 0.4) is 0 Å². The van der Waals surface area contributed by atoms with Crippen LogP contribution in [0.2, 0.25) is 5.02 Å². The molecule has 0 spiro atoms. The summed E-state index contributed by atoms with van der Waals surface area (Å²) in [4.78, 5) is 24.6. The van der Waals surface area contributed by atoms with Crippen molar-refractivity contribution in [1.82, 2.24) is 15.1 Å². The minimum absolute atomic E-state index is 0.0299. The predicted octanol–water partition coefficient (Wildman–Crippen LogP) is 4.79. The lowest BCUT2D eigenvalue weighted by Crippen LogP contribution is -2.45. The molecule has 1 unspecified atom stereocenters. The van der Waals surface area contributed by atoms with Crippen molar-refractivity contribution >= 4 is 23.5 Å². The number of para-hydroxylation sites is 1. The van der Waals surface area contributed by atoms with Gasteiger partial charge in [0.05, 0.1) is 12.5 Å². The molecule has 0 saturated heterocycles. The molecule has 3 rings (SSSR count). The van der Waals surface area contributed by atoms with Crippen LogP contribution in [-0.4, -0.2) is 44.1 Å². The van der Waals surface area contributed by atoms with Crippen molar-refractivity contribution in [3.63, 3.8) is 0 Å². The SMILES string of the molecule is CC(C)(C)[C@](C)(O)COc1cc(C(=O)NC(CC(=O)O)c2ccccc2Cl)nn1-c1ccccc1F. The van der Waals surface area contributed by atoms with Gasteiger partial charge in [0, 0.05) is 11.1 Å². The van der Waals surface area contributed by atoms with Crippen LogP contribution in [-0.2, 0) is 4.79 Å². The van der Waals surface area contributed by atoms with Gasteiger partial charge in [0.2, 0.25) is 5.88 Å². The van der Waals surface area contributed by atoms with Gasteiger partial charge in [-0.05, 0) is 36.1 Å². The molecule has 1 heterocycles. The number of aliphatic hydroxyl groups is 1. The fraction of sp³-hybridized carbons (Fsp3) is 0.346.